The largest absolute Gasteiger partial charge is 0.444 e. The number of ether oxygens (including phenoxy) is 1. The van der Waals surface area contributed by atoms with Crippen molar-refractivity contribution in [3.8, 4) is 0 Å². The van der Waals surface area contributed by atoms with Gasteiger partial charge < -0.3 is 15.4 Å². The minimum atomic E-state index is -0.414. The number of rotatable bonds is 3. The lowest BCUT2D eigenvalue weighted by Gasteiger charge is -2.32. The molecule has 1 aliphatic heterocycles. The van der Waals surface area contributed by atoms with Crippen LogP contribution in [0.3, 0.4) is 0 Å². The van der Waals surface area contributed by atoms with E-state index in [0.29, 0.717) is 12.1 Å². The van der Waals surface area contributed by atoms with E-state index in [9.17, 15) is 4.79 Å². The highest BCUT2D eigenvalue weighted by Crippen LogP contribution is 2.23. The summed E-state index contributed by atoms with van der Waals surface area (Å²) in [5.41, 5.74) is -0.414. The molecule has 2 N–H and O–H groups in total. The number of carbonyl (C=O) groups is 1. The van der Waals surface area contributed by atoms with E-state index in [2.05, 4.69) is 10.6 Å². The Labute approximate surface area is 126 Å². The van der Waals surface area contributed by atoms with Gasteiger partial charge in [-0.15, -0.1) is 0 Å². The first-order valence-electron chi connectivity index (χ1n) is 7.76. The lowest BCUT2D eigenvalue weighted by atomic mass is 9.90. The van der Waals surface area contributed by atoms with Crippen LogP contribution in [0, 0.1) is 0 Å². The molecule has 2 fully saturated rings. The van der Waals surface area contributed by atoms with Crippen LogP contribution in [-0.2, 0) is 4.74 Å². The van der Waals surface area contributed by atoms with Crippen molar-refractivity contribution in [2.24, 2.45) is 0 Å². The second-order valence-electron chi connectivity index (χ2n) is 6.92. The van der Waals surface area contributed by atoms with Gasteiger partial charge in [0.15, 0.2) is 0 Å². The Bertz CT molecular complexity index is 316. The van der Waals surface area contributed by atoms with Crippen molar-refractivity contribution in [2.75, 3.05) is 11.5 Å². The molecule has 0 aromatic carbocycles. The molecule has 1 saturated carbocycles. The van der Waals surface area contributed by atoms with Crippen molar-refractivity contribution in [3.63, 3.8) is 0 Å². The Hall–Kier alpha value is -0.420. The third-order valence-electron chi connectivity index (χ3n) is 3.85. The van der Waals surface area contributed by atoms with Gasteiger partial charge in [-0.05, 0) is 58.6 Å². The van der Waals surface area contributed by atoms with Crippen LogP contribution >= 0.6 is 11.8 Å². The maximum Gasteiger partial charge on any atom is 0.407 e. The minimum absolute atomic E-state index is 0.277. The topological polar surface area (TPSA) is 50.4 Å². The van der Waals surface area contributed by atoms with Crippen LogP contribution in [-0.4, -0.2) is 41.3 Å². The van der Waals surface area contributed by atoms with Crippen LogP contribution in [0.4, 0.5) is 4.79 Å². The number of carbonyl (C=O) groups excluding carboxylic acids is 1. The van der Waals surface area contributed by atoms with Crippen molar-refractivity contribution in [1.82, 2.24) is 10.6 Å². The third-order valence-corrected chi connectivity index (χ3v) is 5.01. The molecule has 0 aromatic rings. The maximum atomic E-state index is 11.7. The fourth-order valence-electron chi connectivity index (χ4n) is 2.88. The molecule has 1 heterocycles. The van der Waals surface area contributed by atoms with Gasteiger partial charge in [-0.3, -0.25) is 0 Å². The highest BCUT2D eigenvalue weighted by molar-refractivity contribution is 7.99. The van der Waals surface area contributed by atoms with Gasteiger partial charge in [-0.25, -0.2) is 4.79 Å². The van der Waals surface area contributed by atoms with E-state index in [1.807, 2.05) is 32.5 Å². The summed E-state index contributed by atoms with van der Waals surface area (Å²) in [7, 11) is 0. The number of alkyl carbamates (subject to hydrolysis) is 1. The van der Waals surface area contributed by atoms with Gasteiger partial charge in [0.1, 0.15) is 5.60 Å². The average molecular weight is 300 g/mol. The lowest BCUT2D eigenvalue weighted by molar-refractivity contribution is 0.0489. The standard InChI is InChI=1S/C15H28N2O2S/c1-15(2,3)19-14(18)17-12-6-4-11(5-7-12)16-13-8-9-20-10-13/h11-13,16H,4-10H2,1-3H3,(H,17,18)/t11?,12?,13-/m0/s1. The van der Waals surface area contributed by atoms with E-state index >= 15 is 0 Å². The smallest absolute Gasteiger partial charge is 0.407 e. The number of thioether (sulfide) groups is 1. The number of hydrogen-bond acceptors (Lipinski definition) is 4. The Morgan fingerprint density at radius 3 is 2.25 bits per heavy atom. The summed E-state index contributed by atoms with van der Waals surface area (Å²) in [6.07, 6.45) is 5.44. The highest BCUT2D eigenvalue weighted by atomic mass is 32.2. The zero-order valence-electron chi connectivity index (χ0n) is 12.9. The fraction of sp³-hybridized carbons (Fsp3) is 0.933. The van der Waals surface area contributed by atoms with Gasteiger partial charge in [0, 0.05) is 23.9 Å². The summed E-state index contributed by atoms with van der Waals surface area (Å²) >= 11 is 2.05. The van der Waals surface area contributed by atoms with Crippen LogP contribution in [0.5, 0.6) is 0 Å². The van der Waals surface area contributed by atoms with Crippen molar-refractivity contribution in [2.45, 2.75) is 76.6 Å². The van der Waals surface area contributed by atoms with Gasteiger partial charge in [-0.1, -0.05) is 0 Å². The molecule has 0 spiro atoms. The summed E-state index contributed by atoms with van der Waals surface area (Å²) in [4.78, 5) is 11.7. The molecule has 4 nitrogen and oxygen atoms in total. The monoisotopic (exact) mass is 300 g/mol. The van der Waals surface area contributed by atoms with Gasteiger partial charge in [0.2, 0.25) is 0 Å². The van der Waals surface area contributed by atoms with Crippen LogP contribution in [0.15, 0.2) is 0 Å². The second-order valence-corrected chi connectivity index (χ2v) is 8.07. The van der Waals surface area contributed by atoms with Crippen molar-refractivity contribution in [3.05, 3.63) is 0 Å². The molecule has 1 saturated heterocycles. The molecule has 1 atom stereocenters. The lowest BCUT2D eigenvalue weighted by Crippen LogP contribution is -2.46. The summed E-state index contributed by atoms with van der Waals surface area (Å²) in [6, 6.07) is 1.62. The number of hydrogen-bond donors (Lipinski definition) is 2. The predicted octanol–water partition coefficient (Wildman–Crippen LogP) is 2.92. The molecule has 0 radical (unpaired) electrons. The first kappa shape index (κ1) is 16.0. The molecule has 2 rings (SSSR count). The van der Waals surface area contributed by atoms with Crippen molar-refractivity contribution >= 4 is 17.9 Å². The van der Waals surface area contributed by atoms with E-state index in [-0.39, 0.29) is 12.1 Å². The second kappa shape index (κ2) is 7.03. The molecular weight excluding hydrogens is 272 g/mol. The maximum absolute atomic E-state index is 11.7. The molecule has 2 aliphatic rings. The van der Waals surface area contributed by atoms with Crippen LogP contribution < -0.4 is 10.6 Å². The molecule has 116 valence electrons. The van der Waals surface area contributed by atoms with E-state index in [1.165, 1.54) is 17.9 Å². The van der Waals surface area contributed by atoms with E-state index in [0.717, 1.165) is 25.7 Å². The number of nitrogens with one attached hydrogen (secondary N) is 2. The third kappa shape index (κ3) is 5.52. The summed E-state index contributed by atoms with van der Waals surface area (Å²) in [5.74, 6) is 2.56. The molecular formula is C15H28N2O2S. The quantitative estimate of drug-likeness (QED) is 0.841. The highest BCUT2D eigenvalue weighted by Gasteiger charge is 2.26. The van der Waals surface area contributed by atoms with Gasteiger partial charge in [0.05, 0.1) is 0 Å². The summed E-state index contributed by atoms with van der Waals surface area (Å²) < 4.78 is 5.31. The molecule has 0 bridgehead atoms. The summed E-state index contributed by atoms with van der Waals surface area (Å²) in [6.45, 7) is 5.69. The zero-order valence-corrected chi connectivity index (χ0v) is 13.7. The van der Waals surface area contributed by atoms with E-state index < -0.39 is 5.60 Å². The van der Waals surface area contributed by atoms with E-state index in [4.69, 9.17) is 4.74 Å². The summed E-state index contributed by atoms with van der Waals surface area (Å²) in [5, 5.41) is 6.76. The minimum Gasteiger partial charge on any atom is -0.444 e. The Morgan fingerprint density at radius 2 is 1.70 bits per heavy atom. The molecule has 20 heavy (non-hydrogen) atoms. The Balaban J connectivity index is 1.64. The SMILES string of the molecule is CC(C)(C)OC(=O)NC1CCC(N[C@H]2CCSC2)CC1. The van der Waals surface area contributed by atoms with Crippen LogP contribution in [0.2, 0.25) is 0 Å². The first-order chi connectivity index (χ1) is 9.42. The van der Waals surface area contributed by atoms with Crippen LogP contribution in [0.1, 0.15) is 52.9 Å². The molecule has 5 heteroatoms. The zero-order chi connectivity index (χ0) is 14.6. The Kier molecular flexibility index (Phi) is 5.61. The Morgan fingerprint density at radius 1 is 1.05 bits per heavy atom. The molecule has 1 amide bonds. The van der Waals surface area contributed by atoms with Gasteiger partial charge in [-0.2, -0.15) is 11.8 Å². The molecule has 0 aromatic heterocycles. The van der Waals surface area contributed by atoms with E-state index in [1.54, 1.807) is 0 Å². The average Bonchev–Trinajstić information content (AvgIpc) is 2.82. The van der Waals surface area contributed by atoms with Gasteiger partial charge >= 0.3 is 6.09 Å². The predicted molar refractivity (Wildman–Crippen MR) is 84.3 cm³/mol. The first-order valence-corrected chi connectivity index (χ1v) is 8.91. The molecule has 0 unspecified atom stereocenters. The molecule has 1 aliphatic carbocycles. The van der Waals surface area contributed by atoms with Crippen molar-refractivity contribution < 1.29 is 9.53 Å². The van der Waals surface area contributed by atoms with Gasteiger partial charge in [0.25, 0.3) is 0 Å². The normalized spacial score (nSPS) is 31.1. The number of amides is 1. The van der Waals surface area contributed by atoms with Crippen molar-refractivity contribution in [1.29, 1.82) is 0 Å². The van der Waals surface area contributed by atoms with Crippen LogP contribution in [0.25, 0.3) is 0 Å². The fourth-order valence-corrected chi connectivity index (χ4v) is 4.04.